The summed E-state index contributed by atoms with van der Waals surface area (Å²) in [6.07, 6.45) is 7.28. The van der Waals surface area contributed by atoms with Crippen LogP contribution >= 0.6 is 15.9 Å². The van der Waals surface area contributed by atoms with Gasteiger partial charge in [0.15, 0.2) is 0 Å². The molecule has 0 saturated heterocycles. The van der Waals surface area contributed by atoms with Gasteiger partial charge in [0.25, 0.3) is 11.8 Å². The molecule has 0 bridgehead atoms. The van der Waals surface area contributed by atoms with Crippen LogP contribution in [0.5, 0.6) is 5.75 Å². The molecule has 1 aromatic heterocycles. The zero-order valence-corrected chi connectivity index (χ0v) is 27.7. The number of nitrogens with zero attached hydrogens (tertiary/aromatic N) is 4. The average Bonchev–Trinajstić information content (AvgIpc) is 3.60. The highest BCUT2D eigenvalue weighted by Gasteiger charge is 2.42. The van der Waals surface area contributed by atoms with E-state index in [0.29, 0.717) is 26.9 Å². The van der Waals surface area contributed by atoms with Gasteiger partial charge in [-0.3, -0.25) is 9.59 Å². The zero-order chi connectivity index (χ0) is 32.4. The molecule has 1 N–H and O–H groups in total. The number of phenols is 1. The number of fused-ring (bicyclic) bond motifs is 3. The number of phenolic OH excluding ortho intramolecular Hbond substituents is 1. The number of halogens is 1. The number of allylic oxidation sites excluding steroid dienone is 3. The fourth-order valence-electron chi connectivity index (χ4n) is 6.50. The Morgan fingerprint density at radius 3 is 2.02 bits per heavy atom. The van der Waals surface area contributed by atoms with E-state index in [1.54, 1.807) is 12.1 Å². The van der Waals surface area contributed by atoms with Gasteiger partial charge in [-0.2, -0.15) is 0 Å². The second-order valence-corrected chi connectivity index (χ2v) is 13.7. The number of carbonyl (C=O) groups is 2. The van der Waals surface area contributed by atoms with Crippen molar-refractivity contribution in [3.8, 4) is 11.4 Å². The number of hydrogen-bond acceptors (Lipinski definition) is 5. The maximum Gasteiger partial charge on any atom is 0.268 e. The lowest BCUT2D eigenvalue weighted by Gasteiger charge is -2.32. The van der Waals surface area contributed by atoms with Crippen LogP contribution in [-0.4, -0.2) is 36.8 Å². The summed E-state index contributed by atoms with van der Waals surface area (Å²) in [6, 6.07) is 26.0. The second kappa shape index (κ2) is 10.9. The predicted molar refractivity (Wildman–Crippen MR) is 182 cm³/mol. The number of aromatic nitrogens is 3. The second-order valence-electron chi connectivity index (χ2n) is 12.9. The molecule has 7 nitrogen and oxygen atoms in total. The van der Waals surface area contributed by atoms with Crippen LogP contribution in [0.3, 0.4) is 0 Å². The Morgan fingerprint density at radius 2 is 1.39 bits per heavy atom. The molecule has 8 heteroatoms. The van der Waals surface area contributed by atoms with Gasteiger partial charge in [-0.05, 0) is 63.7 Å². The molecule has 0 spiro atoms. The minimum atomic E-state index is -0.580. The molecule has 0 atom stereocenters. The van der Waals surface area contributed by atoms with Crippen molar-refractivity contribution in [1.29, 1.82) is 0 Å². The largest absolute Gasteiger partial charge is 0.505 e. The molecule has 0 radical (unpaired) electrons. The zero-order valence-electron chi connectivity index (χ0n) is 26.1. The van der Waals surface area contributed by atoms with Gasteiger partial charge >= 0.3 is 0 Å². The van der Waals surface area contributed by atoms with E-state index >= 15 is 0 Å². The summed E-state index contributed by atoms with van der Waals surface area (Å²) in [4.78, 5) is 30.0. The minimum absolute atomic E-state index is 0.0407. The van der Waals surface area contributed by atoms with Crippen molar-refractivity contribution in [3.05, 3.63) is 141 Å². The predicted octanol–water partition coefficient (Wildman–Crippen LogP) is 8.37. The third-order valence-electron chi connectivity index (χ3n) is 9.39. The third kappa shape index (κ3) is 4.62. The van der Waals surface area contributed by atoms with Crippen molar-refractivity contribution >= 4 is 38.8 Å². The average molecular weight is 674 g/mol. The van der Waals surface area contributed by atoms with Crippen molar-refractivity contribution in [1.82, 2.24) is 19.9 Å². The SMILES string of the molecule is CC(C)(c1ccccc1)c1cc(-n2nc3cc(Br)c4c(c3n2)C(=O)N(C2=CCCC=C2)C4=O)c(O)c(C(C)(C)c2ccccc2)c1. The first-order valence-electron chi connectivity index (χ1n) is 15.3. The lowest BCUT2D eigenvalue weighted by molar-refractivity contribution is 0.0709. The van der Waals surface area contributed by atoms with Gasteiger partial charge in [0.2, 0.25) is 0 Å². The van der Waals surface area contributed by atoms with E-state index in [0.717, 1.165) is 35.1 Å². The van der Waals surface area contributed by atoms with Gasteiger partial charge in [-0.25, -0.2) is 4.90 Å². The normalized spacial score (nSPS) is 15.1. The van der Waals surface area contributed by atoms with Crippen molar-refractivity contribution in [2.45, 2.75) is 51.4 Å². The van der Waals surface area contributed by atoms with Crippen molar-refractivity contribution in [2.24, 2.45) is 0 Å². The van der Waals surface area contributed by atoms with Crippen LogP contribution in [0.1, 0.15) is 83.5 Å². The van der Waals surface area contributed by atoms with E-state index < -0.39 is 22.6 Å². The van der Waals surface area contributed by atoms with E-state index in [4.69, 9.17) is 10.2 Å². The summed E-state index contributed by atoms with van der Waals surface area (Å²) in [5.74, 6) is -0.799. The van der Waals surface area contributed by atoms with Gasteiger partial charge in [0.05, 0.1) is 11.1 Å². The first kappa shape index (κ1) is 29.9. The summed E-state index contributed by atoms with van der Waals surface area (Å²) >= 11 is 3.53. The molecule has 0 fully saturated rings. The summed E-state index contributed by atoms with van der Waals surface area (Å²) in [5, 5.41) is 21.6. The fourth-order valence-corrected chi connectivity index (χ4v) is 7.09. The molecule has 5 aromatic rings. The third-order valence-corrected chi connectivity index (χ3v) is 10.0. The molecule has 230 valence electrons. The number of amides is 2. The van der Waals surface area contributed by atoms with Crippen LogP contribution in [0.2, 0.25) is 0 Å². The molecule has 46 heavy (non-hydrogen) atoms. The van der Waals surface area contributed by atoms with E-state index in [2.05, 4.69) is 74.0 Å². The van der Waals surface area contributed by atoms with Crippen molar-refractivity contribution in [2.75, 3.05) is 0 Å². The Morgan fingerprint density at radius 1 is 0.761 bits per heavy atom. The van der Waals surface area contributed by atoms with Gasteiger partial charge in [-0.15, -0.1) is 15.0 Å². The number of carbonyl (C=O) groups excluding carboxylic acids is 2. The standard InChI is InChI=1S/C38H33BrN4O3/c1-37(2,23-14-8-5-9-15-23)25-20-27(38(3,4)24-16-10-6-11-17-24)34(44)30(21-25)43-40-29-22-28(39)31-32(33(29)41-43)36(46)42(35(31)45)26-18-12-7-13-19-26/h5-6,8-12,14-22,44H,7,13H2,1-4H3. The van der Waals surface area contributed by atoms with E-state index in [1.807, 2.05) is 54.6 Å². The number of hydrogen-bond donors (Lipinski definition) is 1. The Bertz CT molecular complexity index is 2110. The van der Waals surface area contributed by atoms with Crippen LogP contribution in [-0.2, 0) is 10.8 Å². The number of aromatic hydroxyl groups is 1. The number of benzene rings is 4. The molecular formula is C38H33BrN4O3. The molecule has 7 rings (SSSR count). The first-order valence-corrected chi connectivity index (χ1v) is 16.1. The van der Waals surface area contributed by atoms with Crippen LogP contribution in [0.4, 0.5) is 0 Å². The van der Waals surface area contributed by atoms with E-state index in [-0.39, 0.29) is 16.9 Å². The van der Waals surface area contributed by atoms with Crippen LogP contribution in [0.25, 0.3) is 16.7 Å². The van der Waals surface area contributed by atoms with Gasteiger partial charge < -0.3 is 5.11 Å². The molecule has 0 unspecified atom stereocenters. The van der Waals surface area contributed by atoms with Crippen LogP contribution in [0.15, 0.2) is 107 Å². The maximum absolute atomic E-state index is 13.9. The minimum Gasteiger partial charge on any atom is -0.505 e. The molecule has 2 amide bonds. The number of rotatable bonds is 6. The first-order chi connectivity index (χ1) is 22.0. The van der Waals surface area contributed by atoms with Gasteiger partial charge in [-0.1, -0.05) is 107 Å². The van der Waals surface area contributed by atoms with Crippen molar-refractivity contribution < 1.29 is 14.7 Å². The summed E-state index contributed by atoms with van der Waals surface area (Å²) < 4.78 is 0.470. The molecule has 2 heterocycles. The molecular weight excluding hydrogens is 640 g/mol. The summed E-state index contributed by atoms with van der Waals surface area (Å²) in [6.45, 7) is 8.49. The topological polar surface area (TPSA) is 88.3 Å². The van der Waals surface area contributed by atoms with E-state index in [9.17, 15) is 14.7 Å². The highest BCUT2D eigenvalue weighted by atomic mass is 79.9. The van der Waals surface area contributed by atoms with Crippen LogP contribution < -0.4 is 0 Å². The Labute approximate surface area is 276 Å². The monoisotopic (exact) mass is 672 g/mol. The van der Waals surface area contributed by atoms with Gasteiger partial charge in [0.1, 0.15) is 22.5 Å². The Kier molecular flexibility index (Phi) is 7.09. The Hall–Kier alpha value is -4.82. The van der Waals surface area contributed by atoms with Crippen molar-refractivity contribution in [3.63, 3.8) is 0 Å². The van der Waals surface area contributed by atoms with Crippen LogP contribution in [0, 0.1) is 0 Å². The highest BCUT2D eigenvalue weighted by molar-refractivity contribution is 9.10. The molecule has 2 aliphatic rings. The summed E-state index contributed by atoms with van der Waals surface area (Å²) in [7, 11) is 0. The lowest BCUT2D eigenvalue weighted by atomic mass is 9.72. The van der Waals surface area contributed by atoms with Gasteiger partial charge in [0, 0.05) is 26.6 Å². The molecule has 4 aromatic carbocycles. The summed E-state index contributed by atoms with van der Waals surface area (Å²) in [5.41, 5.74) is 4.96. The number of imide groups is 1. The Balaban J connectivity index is 1.44. The quantitative estimate of drug-likeness (QED) is 0.183. The fraction of sp³-hybridized carbons (Fsp3) is 0.211. The maximum atomic E-state index is 13.9. The highest BCUT2D eigenvalue weighted by Crippen LogP contribution is 2.44. The molecule has 0 saturated carbocycles. The smallest absolute Gasteiger partial charge is 0.268 e. The molecule has 1 aliphatic carbocycles. The van der Waals surface area contributed by atoms with E-state index in [1.165, 1.54) is 9.70 Å². The molecule has 1 aliphatic heterocycles. The lowest BCUT2D eigenvalue weighted by Crippen LogP contribution is -2.28.